The van der Waals surface area contributed by atoms with E-state index in [1.165, 1.54) is 0 Å². The van der Waals surface area contributed by atoms with E-state index in [4.69, 9.17) is 15.2 Å². The molecule has 1 aromatic heterocycles. The fourth-order valence-electron chi connectivity index (χ4n) is 3.20. The van der Waals surface area contributed by atoms with Crippen LogP contribution >= 0.6 is 0 Å². The second-order valence-corrected chi connectivity index (χ2v) is 6.55. The van der Waals surface area contributed by atoms with Crippen LogP contribution in [0.15, 0.2) is 54.6 Å². The Morgan fingerprint density at radius 2 is 1.75 bits per heavy atom. The van der Waals surface area contributed by atoms with Crippen molar-refractivity contribution >= 4 is 11.7 Å². The van der Waals surface area contributed by atoms with Crippen LogP contribution in [-0.2, 0) is 4.74 Å². The molecule has 1 aliphatic heterocycles. The average Bonchev–Trinajstić information content (AvgIpc) is 3.15. The van der Waals surface area contributed by atoms with E-state index in [-0.39, 0.29) is 5.91 Å². The van der Waals surface area contributed by atoms with Crippen LogP contribution in [0, 0.1) is 0 Å². The highest BCUT2D eigenvalue weighted by Crippen LogP contribution is 2.25. The maximum atomic E-state index is 12.6. The average molecular weight is 378 g/mol. The van der Waals surface area contributed by atoms with Gasteiger partial charge in [-0.05, 0) is 48.5 Å². The lowest BCUT2D eigenvalue weighted by molar-refractivity contribution is 0.0303. The number of hydrogen-bond donors (Lipinski definition) is 1. The van der Waals surface area contributed by atoms with E-state index in [1.807, 2.05) is 47.4 Å². The number of rotatable bonds is 4. The highest BCUT2D eigenvalue weighted by Gasteiger charge is 2.18. The molecule has 0 radical (unpaired) electrons. The number of amides is 1. The number of methoxy groups -OCH3 is 1. The van der Waals surface area contributed by atoms with Crippen LogP contribution in [0.1, 0.15) is 10.4 Å². The first-order chi connectivity index (χ1) is 13.7. The summed E-state index contributed by atoms with van der Waals surface area (Å²) < 4.78 is 12.2. The van der Waals surface area contributed by atoms with Crippen molar-refractivity contribution in [1.29, 1.82) is 0 Å². The van der Waals surface area contributed by atoms with Gasteiger partial charge in [-0.1, -0.05) is 0 Å². The Morgan fingerprint density at radius 3 is 2.39 bits per heavy atom. The molecule has 1 fully saturated rings. The Labute approximate surface area is 163 Å². The molecule has 0 unspecified atom stereocenters. The number of benzene rings is 2. The number of ether oxygens (including phenoxy) is 2. The van der Waals surface area contributed by atoms with Gasteiger partial charge in [-0.15, -0.1) is 0 Å². The molecule has 4 rings (SSSR count). The summed E-state index contributed by atoms with van der Waals surface area (Å²) in [6, 6.07) is 16.8. The molecule has 3 aromatic rings. The number of nitrogens with zero attached hydrogens (tertiary/aromatic N) is 3. The fraction of sp³-hybridized carbons (Fsp3) is 0.238. The zero-order chi connectivity index (χ0) is 19.5. The van der Waals surface area contributed by atoms with Gasteiger partial charge in [0.2, 0.25) is 0 Å². The molecule has 1 saturated heterocycles. The molecule has 7 heteroatoms. The lowest BCUT2D eigenvalue weighted by atomic mass is 10.1. The van der Waals surface area contributed by atoms with Gasteiger partial charge >= 0.3 is 0 Å². The molecule has 7 nitrogen and oxygen atoms in total. The molecule has 0 spiro atoms. The summed E-state index contributed by atoms with van der Waals surface area (Å²) in [4.78, 5) is 14.4. The summed E-state index contributed by atoms with van der Waals surface area (Å²) in [6.07, 6.45) is 0. The van der Waals surface area contributed by atoms with Gasteiger partial charge in [0, 0.05) is 30.3 Å². The zero-order valence-electron chi connectivity index (χ0n) is 15.7. The minimum Gasteiger partial charge on any atom is -0.497 e. The van der Waals surface area contributed by atoms with Crippen molar-refractivity contribution in [3.63, 3.8) is 0 Å². The number of morpholine rings is 1. The molecule has 2 aromatic carbocycles. The summed E-state index contributed by atoms with van der Waals surface area (Å²) in [5.74, 6) is 1.33. The van der Waals surface area contributed by atoms with Crippen LogP contribution in [0.3, 0.4) is 0 Å². The number of carbonyl (C=O) groups is 1. The standard InChI is InChI=1S/C21H22N4O3/c1-27-18-8-4-15(5-9-18)19-14-20(22)25(23-19)17-6-2-16(3-7-17)21(26)24-10-12-28-13-11-24/h2-9,14H,10-13,22H2,1H3. The van der Waals surface area contributed by atoms with Crippen LogP contribution < -0.4 is 10.5 Å². The minimum atomic E-state index is 0.0159. The summed E-state index contributed by atoms with van der Waals surface area (Å²) in [5.41, 5.74) is 9.34. The highest BCUT2D eigenvalue weighted by molar-refractivity contribution is 5.94. The van der Waals surface area contributed by atoms with Crippen molar-refractivity contribution in [2.24, 2.45) is 0 Å². The molecular formula is C21H22N4O3. The lowest BCUT2D eigenvalue weighted by Crippen LogP contribution is -2.40. The van der Waals surface area contributed by atoms with E-state index in [0.29, 0.717) is 37.7 Å². The first-order valence-corrected chi connectivity index (χ1v) is 9.13. The van der Waals surface area contributed by atoms with Crippen LogP contribution in [-0.4, -0.2) is 54.0 Å². The summed E-state index contributed by atoms with van der Waals surface area (Å²) >= 11 is 0. The number of anilines is 1. The first kappa shape index (κ1) is 18.1. The van der Waals surface area contributed by atoms with Gasteiger partial charge in [0.05, 0.1) is 31.7 Å². The molecule has 0 bridgehead atoms. The lowest BCUT2D eigenvalue weighted by Gasteiger charge is -2.26. The van der Waals surface area contributed by atoms with Gasteiger partial charge in [0.15, 0.2) is 0 Å². The van der Waals surface area contributed by atoms with Crippen molar-refractivity contribution in [2.45, 2.75) is 0 Å². The molecule has 144 valence electrons. The number of hydrogen-bond acceptors (Lipinski definition) is 5. The van der Waals surface area contributed by atoms with Crippen LogP contribution in [0.5, 0.6) is 5.75 Å². The second kappa shape index (κ2) is 7.74. The van der Waals surface area contributed by atoms with Gasteiger partial charge < -0.3 is 20.1 Å². The van der Waals surface area contributed by atoms with E-state index in [0.717, 1.165) is 22.7 Å². The van der Waals surface area contributed by atoms with Crippen LogP contribution in [0.25, 0.3) is 16.9 Å². The van der Waals surface area contributed by atoms with Gasteiger partial charge in [-0.3, -0.25) is 4.79 Å². The summed E-state index contributed by atoms with van der Waals surface area (Å²) in [7, 11) is 1.63. The smallest absolute Gasteiger partial charge is 0.254 e. The Kier molecular flexibility index (Phi) is 4.99. The van der Waals surface area contributed by atoms with Crippen molar-refractivity contribution in [2.75, 3.05) is 39.1 Å². The van der Waals surface area contributed by atoms with E-state index in [2.05, 4.69) is 5.10 Å². The molecule has 0 saturated carbocycles. The molecule has 2 heterocycles. The van der Waals surface area contributed by atoms with Crippen molar-refractivity contribution in [3.05, 3.63) is 60.2 Å². The van der Waals surface area contributed by atoms with Gasteiger partial charge in [-0.25, -0.2) is 4.68 Å². The number of carbonyl (C=O) groups excluding carboxylic acids is 1. The third kappa shape index (κ3) is 3.57. The number of nitrogen functional groups attached to an aromatic ring is 1. The summed E-state index contributed by atoms with van der Waals surface area (Å²) in [5, 5.41) is 4.61. The van der Waals surface area contributed by atoms with Crippen molar-refractivity contribution < 1.29 is 14.3 Å². The van der Waals surface area contributed by atoms with E-state index in [9.17, 15) is 4.79 Å². The number of aromatic nitrogens is 2. The Bertz CT molecular complexity index is 958. The van der Waals surface area contributed by atoms with Crippen molar-refractivity contribution in [1.82, 2.24) is 14.7 Å². The molecule has 28 heavy (non-hydrogen) atoms. The van der Waals surface area contributed by atoms with Crippen molar-refractivity contribution in [3.8, 4) is 22.7 Å². The topological polar surface area (TPSA) is 82.6 Å². The predicted octanol–water partition coefficient (Wildman–Crippen LogP) is 2.60. The summed E-state index contributed by atoms with van der Waals surface area (Å²) in [6.45, 7) is 2.42. The van der Waals surface area contributed by atoms with Gasteiger partial charge in [0.25, 0.3) is 5.91 Å². The number of nitrogens with two attached hydrogens (primary N) is 1. The monoisotopic (exact) mass is 378 g/mol. The van der Waals surface area contributed by atoms with Gasteiger partial charge in [-0.2, -0.15) is 5.10 Å². The molecule has 1 amide bonds. The Morgan fingerprint density at radius 1 is 1.07 bits per heavy atom. The predicted molar refractivity (Wildman–Crippen MR) is 107 cm³/mol. The Hall–Kier alpha value is -3.32. The second-order valence-electron chi connectivity index (χ2n) is 6.55. The zero-order valence-corrected chi connectivity index (χ0v) is 15.7. The molecule has 1 aliphatic rings. The van der Waals surface area contributed by atoms with E-state index < -0.39 is 0 Å². The van der Waals surface area contributed by atoms with E-state index >= 15 is 0 Å². The van der Waals surface area contributed by atoms with E-state index in [1.54, 1.807) is 23.9 Å². The maximum Gasteiger partial charge on any atom is 0.254 e. The molecule has 0 atom stereocenters. The first-order valence-electron chi connectivity index (χ1n) is 9.13. The molecule has 2 N–H and O–H groups in total. The largest absolute Gasteiger partial charge is 0.497 e. The third-order valence-electron chi connectivity index (χ3n) is 4.78. The van der Waals surface area contributed by atoms with Gasteiger partial charge in [0.1, 0.15) is 11.6 Å². The molecular weight excluding hydrogens is 356 g/mol. The SMILES string of the molecule is COc1ccc(-c2cc(N)n(-c3ccc(C(=O)N4CCOCC4)cc3)n2)cc1. The fourth-order valence-corrected chi connectivity index (χ4v) is 3.20. The van der Waals surface area contributed by atoms with Crippen LogP contribution in [0.4, 0.5) is 5.82 Å². The van der Waals surface area contributed by atoms with Crippen LogP contribution in [0.2, 0.25) is 0 Å². The maximum absolute atomic E-state index is 12.6. The normalized spacial score (nSPS) is 14.1. The Balaban J connectivity index is 1.55. The highest BCUT2D eigenvalue weighted by atomic mass is 16.5. The quantitative estimate of drug-likeness (QED) is 0.755. The minimum absolute atomic E-state index is 0.0159. The third-order valence-corrected chi connectivity index (χ3v) is 4.78. The molecule has 0 aliphatic carbocycles.